The highest BCUT2D eigenvalue weighted by molar-refractivity contribution is 7.79. The van der Waals surface area contributed by atoms with Crippen LogP contribution in [0.5, 0.6) is 0 Å². The summed E-state index contributed by atoms with van der Waals surface area (Å²) in [5.41, 5.74) is 2.04. The van der Waals surface area contributed by atoms with Crippen molar-refractivity contribution in [3.05, 3.63) is 66.9 Å². The average Bonchev–Trinajstić information content (AvgIpc) is 2.97. The molecule has 0 aliphatic carbocycles. The monoisotopic (exact) mass is 319 g/mol. The molecule has 0 bridgehead atoms. The number of hydrogen-bond acceptors (Lipinski definition) is 4. The molecule has 3 aromatic rings. The fourth-order valence-corrected chi connectivity index (χ4v) is 1.72. The molecule has 3 rings (SSSR count). The Kier molecular flexibility index (Phi) is 5.05. The molecule has 1 heterocycles. The molecule has 0 aliphatic rings. The van der Waals surface area contributed by atoms with E-state index in [1.807, 2.05) is 60.7 Å². The minimum atomic E-state index is -4.67. The van der Waals surface area contributed by atoms with Gasteiger partial charge in [0.05, 0.1) is 6.20 Å². The van der Waals surface area contributed by atoms with Crippen LogP contribution in [-0.4, -0.2) is 22.5 Å². The van der Waals surface area contributed by atoms with E-state index in [2.05, 4.69) is 4.98 Å². The van der Waals surface area contributed by atoms with E-state index in [-0.39, 0.29) is 0 Å². The van der Waals surface area contributed by atoms with Crippen LogP contribution < -0.4 is 0 Å². The van der Waals surface area contributed by atoms with Gasteiger partial charge in [-0.3, -0.25) is 9.11 Å². The predicted molar refractivity (Wildman–Crippen MR) is 81.6 cm³/mol. The van der Waals surface area contributed by atoms with Gasteiger partial charge >= 0.3 is 10.4 Å². The summed E-state index contributed by atoms with van der Waals surface area (Å²) in [7, 11) is -4.67. The Morgan fingerprint density at radius 3 is 1.77 bits per heavy atom. The molecule has 6 nitrogen and oxygen atoms in total. The zero-order chi connectivity index (χ0) is 16.0. The molecule has 0 unspecified atom stereocenters. The summed E-state index contributed by atoms with van der Waals surface area (Å²) >= 11 is 0. The maximum absolute atomic E-state index is 8.74. The van der Waals surface area contributed by atoms with Crippen LogP contribution in [0.4, 0.5) is 0 Å². The molecule has 1 aromatic heterocycles. The largest absolute Gasteiger partial charge is 0.436 e. The smallest absolute Gasteiger partial charge is 0.394 e. The molecule has 2 N–H and O–H groups in total. The highest BCUT2D eigenvalue weighted by Crippen LogP contribution is 2.25. The minimum Gasteiger partial charge on any atom is -0.436 e. The highest BCUT2D eigenvalue weighted by atomic mass is 32.3. The molecule has 22 heavy (non-hydrogen) atoms. The van der Waals surface area contributed by atoms with E-state index >= 15 is 0 Å². The van der Waals surface area contributed by atoms with E-state index in [1.165, 1.54) is 0 Å². The Balaban J connectivity index is 0.000000309. The van der Waals surface area contributed by atoms with Crippen LogP contribution in [0, 0.1) is 0 Å². The summed E-state index contributed by atoms with van der Waals surface area (Å²) in [5.74, 6) is 1.45. The van der Waals surface area contributed by atoms with Gasteiger partial charge < -0.3 is 4.42 Å². The third kappa shape index (κ3) is 5.13. The number of benzene rings is 2. The average molecular weight is 319 g/mol. The van der Waals surface area contributed by atoms with E-state index in [0.29, 0.717) is 5.89 Å². The number of aromatic nitrogens is 1. The van der Waals surface area contributed by atoms with E-state index in [4.69, 9.17) is 21.9 Å². The number of hydrogen-bond donors (Lipinski definition) is 2. The highest BCUT2D eigenvalue weighted by Gasteiger charge is 2.07. The fourth-order valence-electron chi connectivity index (χ4n) is 1.72. The van der Waals surface area contributed by atoms with Gasteiger partial charge in [-0.25, -0.2) is 4.98 Å². The number of nitrogens with zero attached hydrogens (tertiary/aromatic N) is 1. The zero-order valence-corrected chi connectivity index (χ0v) is 12.1. The molecule has 0 fully saturated rings. The summed E-state index contributed by atoms with van der Waals surface area (Å²) in [6.07, 6.45) is 1.76. The molecule has 0 radical (unpaired) electrons. The van der Waals surface area contributed by atoms with E-state index in [1.54, 1.807) is 6.20 Å². The Hall–Kier alpha value is -2.48. The first-order valence-corrected chi connectivity index (χ1v) is 7.60. The number of oxazole rings is 1. The Morgan fingerprint density at radius 2 is 1.27 bits per heavy atom. The summed E-state index contributed by atoms with van der Waals surface area (Å²) in [4.78, 5) is 4.30. The molecule has 114 valence electrons. The van der Waals surface area contributed by atoms with Crippen molar-refractivity contribution in [3.8, 4) is 22.8 Å². The fraction of sp³-hybridized carbons (Fsp3) is 0. The lowest BCUT2D eigenvalue weighted by atomic mass is 10.2. The first-order valence-electron chi connectivity index (χ1n) is 6.20. The normalized spacial score (nSPS) is 10.6. The standard InChI is InChI=1S/C15H11NO.H2O4S/c1-3-7-12(8-4-1)14-11-16-15(17-14)13-9-5-2-6-10-13;1-5(2,3)4/h1-11H;(H2,1,2,3,4). The Morgan fingerprint density at radius 1 is 0.818 bits per heavy atom. The van der Waals surface area contributed by atoms with Crippen LogP contribution in [0.3, 0.4) is 0 Å². The second kappa shape index (κ2) is 6.99. The van der Waals surface area contributed by atoms with E-state index < -0.39 is 10.4 Å². The van der Waals surface area contributed by atoms with Crippen molar-refractivity contribution in [1.82, 2.24) is 4.98 Å². The zero-order valence-electron chi connectivity index (χ0n) is 11.3. The third-order valence-corrected chi connectivity index (χ3v) is 2.58. The lowest BCUT2D eigenvalue weighted by Crippen LogP contribution is -1.89. The van der Waals surface area contributed by atoms with Gasteiger partial charge in [-0.1, -0.05) is 48.5 Å². The molecule has 0 atom stereocenters. The molecule has 0 saturated carbocycles. The molecule has 2 aromatic carbocycles. The first-order chi connectivity index (χ1) is 10.4. The van der Waals surface area contributed by atoms with Gasteiger partial charge in [0.15, 0.2) is 5.76 Å². The topological polar surface area (TPSA) is 101 Å². The van der Waals surface area contributed by atoms with Crippen molar-refractivity contribution in [3.63, 3.8) is 0 Å². The lowest BCUT2D eigenvalue weighted by Gasteiger charge is -1.95. The lowest BCUT2D eigenvalue weighted by molar-refractivity contribution is 0.381. The summed E-state index contributed by atoms with van der Waals surface area (Å²) in [6.45, 7) is 0. The predicted octanol–water partition coefficient (Wildman–Crippen LogP) is 3.36. The molecule has 0 spiro atoms. The van der Waals surface area contributed by atoms with Gasteiger partial charge in [-0.2, -0.15) is 8.42 Å². The van der Waals surface area contributed by atoms with Gasteiger partial charge in [0.2, 0.25) is 5.89 Å². The van der Waals surface area contributed by atoms with Crippen molar-refractivity contribution in [2.75, 3.05) is 0 Å². The van der Waals surface area contributed by atoms with Gasteiger partial charge in [0, 0.05) is 11.1 Å². The van der Waals surface area contributed by atoms with Gasteiger partial charge in [-0.15, -0.1) is 0 Å². The quantitative estimate of drug-likeness (QED) is 0.702. The van der Waals surface area contributed by atoms with E-state index in [0.717, 1.165) is 16.9 Å². The molecule has 0 aliphatic heterocycles. The molecule has 7 heteroatoms. The molecular formula is C15H13NO5S. The first kappa shape index (κ1) is 15.9. The van der Waals surface area contributed by atoms with Crippen molar-refractivity contribution < 1.29 is 21.9 Å². The van der Waals surface area contributed by atoms with Crippen LogP contribution in [0.25, 0.3) is 22.8 Å². The van der Waals surface area contributed by atoms with Crippen LogP contribution in [-0.2, 0) is 10.4 Å². The van der Waals surface area contributed by atoms with Crippen LogP contribution >= 0.6 is 0 Å². The second-order valence-electron chi connectivity index (χ2n) is 4.21. The SMILES string of the molecule is O=S(=O)(O)O.c1ccc(-c2cnc(-c3ccccc3)o2)cc1. The maximum atomic E-state index is 8.74. The summed E-state index contributed by atoms with van der Waals surface area (Å²) in [6, 6.07) is 19.9. The van der Waals surface area contributed by atoms with Crippen molar-refractivity contribution in [2.24, 2.45) is 0 Å². The Bertz CT molecular complexity index is 751. The number of rotatable bonds is 2. The summed E-state index contributed by atoms with van der Waals surface area (Å²) in [5, 5.41) is 0. The van der Waals surface area contributed by atoms with Crippen molar-refractivity contribution in [1.29, 1.82) is 0 Å². The molecular weight excluding hydrogens is 306 g/mol. The molecule has 0 amide bonds. The van der Waals surface area contributed by atoms with Crippen molar-refractivity contribution in [2.45, 2.75) is 0 Å². The maximum Gasteiger partial charge on any atom is 0.394 e. The summed E-state index contributed by atoms with van der Waals surface area (Å²) < 4.78 is 37.3. The molecule has 0 saturated heterocycles. The van der Waals surface area contributed by atoms with Crippen LogP contribution in [0.15, 0.2) is 71.3 Å². The van der Waals surface area contributed by atoms with Crippen molar-refractivity contribution >= 4 is 10.4 Å². The van der Waals surface area contributed by atoms with E-state index in [9.17, 15) is 0 Å². The van der Waals surface area contributed by atoms with Gasteiger partial charge in [0.1, 0.15) is 0 Å². The minimum absolute atomic E-state index is 0.657. The van der Waals surface area contributed by atoms with Crippen LogP contribution in [0.2, 0.25) is 0 Å². The van der Waals surface area contributed by atoms with Gasteiger partial charge in [-0.05, 0) is 12.1 Å². The second-order valence-corrected chi connectivity index (χ2v) is 5.11. The Labute approximate surface area is 127 Å². The third-order valence-electron chi connectivity index (χ3n) is 2.58. The van der Waals surface area contributed by atoms with Crippen LogP contribution in [0.1, 0.15) is 0 Å². The van der Waals surface area contributed by atoms with Gasteiger partial charge in [0.25, 0.3) is 0 Å².